The van der Waals surface area contributed by atoms with Gasteiger partial charge in [-0.15, -0.1) is 0 Å². The van der Waals surface area contributed by atoms with Gasteiger partial charge in [0, 0.05) is 18.1 Å². The van der Waals surface area contributed by atoms with Crippen LogP contribution in [0.3, 0.4) is 0 Å². The molecule has 1 aliphatic heterocycles. The fraction of sp³-hybridized carbons (Fsp3) is 0.571. The van der Waals surface area contributed by atoms with Gasteiger partial charge in [0.05, 0.1) is 19.1 Å². The van der Waals surface area contributed by atoms with Crippen molar-refractivity contribution in [1.82, 2.24) is 0 Å². The molecule has 1 saturated heterocycles. The van der Waals surface area contributed by atoms with Crippen LogP contribution in [0, 0.1) is 0 Å². The molecule has 0 unspecified atom stereocenters. The Morgan fingerprint density at radius 2 is 2.00 bits per heavy atom. The zero-order valence-electron chi connectivity index (χ0n) is 18.2. The van der Waals surface area contributed by atoms with Crippen LogP contribution in [0.25, 0.3) is 0 Å². The Kier molecular flexibility index (Phi) is 12.7. The molecule has 1 rings (SSSR count). The summed E-state index contributed by atoms with van der Waals surface area (Å²) < 4.78 is 21.5. The van der Waals surface area contributed by atoms with Crippen LogP contribution in [-0.2, 0) is 18.6 Å². The molecular formula is C21H33O9PS. The number of thioether (sulfide) groups is 1. The maximum Gasteiger partial charge on any atom is 0.469 e. The fourth-order valence-electron chi connectivity index (χ4n) is 3.00. The van der Waals surface area contributed by atoms with Gasteiger partial charge in [0.2, 0.25) is 0 Å². The summed E-state index contributed by atoms with van der Waals surface area (Å²) in [6.07, 6.45) is 9.34. The topological polar surface area (TPSA) is 154 Å². The van der Waals surface area contributed by atoms with E-state index in [2.05, 4.69) is 0 Å². The van der Waals surface area contributed by atoms with E-state index >= 15 is 0 Å². The Hall–Kier alpha value is -1.23. The second-order valence-corrected chi connectivity index (χ2v) is 10.2. The number of cyclic esters (lactones) is 1. The summed E-state index contributed by atoms with van der Waals surface area (Å²) in [7, 11) is -4.97. The number of carbonyl (C=O) groups excluding carboxylic acids is 1. The van der Waals surface area contributed by atoms with Gasteiger partial charge in [-0.05, 0) is 18.8 Å². The number of aliphatic hydroxyl groups excluding tert-OH is 2. The molecule has 0 aromatic carbocycles. The van der Waals surface area contributed by atoms with Gasteiger partial charge < -0.3 is 29.8 Å². The maximum absolute atomic E-state index is 11.8. The number of aliphatic hydroxyl groups is 3. The summed E-state index contributed by atoms with van der Waals surface area (Å²) in [5.41, 5.74) is -1.87. The number of hydrogen-bond donors (Lipinski definition) is 5. The van der Waals surface area contributed by atoms with Gasteiger partial charge in [-0.2, -0.15) is 11.8 Å². The SMILES string of the molecule is CCS[C@@H]1CC(=O)O[C@@H](/C=C/[C@@](C)(O)[C@@H](C[C@@H](O)\C=C/C=C\C=C\CO)OP(=O)(O)O)C1. The van der Waals surface area contributed by atoms with Gasteiger partial charge in [-0.25, -0.2) is 4.57 Å². The first kappa shape index (κ1) is 28.8. The van der Waals surface area contributed by atoms with E-state index in [1.54, 1.807) is 30.0 Å². The van der Waals surface area contributed by atoms with Crippen LogP contribution in [-0.4, -0.2) is 72.6 Å². The van der Waals surface area contributed by atoms with Crippen LogP contribution in [0.1, 0.15) is 33.1 Å². The maximum atomic E-state index is 11.8. The average Bonchev–Trinajstić information content (AvgIpc) is 2.67. The lowest BCUT2D eigenvalue weighted by Crippen LogP contribution is -2.41. The molecule has 0 aliphatic carbocycles. The largest absolute Gasteiger partial charge is 0.469 e. The molecule has 1 heterocycles. The Balaban J connectivity index is 2.88. The van der Waals surface area contributed by atoms with E-state index in [0.717, 1.165) is 5.75 Å². The molecule has 182 valence electrons. The molecular weight excluding hydrogens is 459 g/mol. The van der Waals surface area contributed by atoms with Gasteiger partial charge in [0.1, 0.15) is 17.8 Å². The third-order valence-corrected chi connectivity index (χ3v) is 6.20. The number of rotatable bonds is 13. The van der Waals surface area contributed by atoms with E-state index in [1.807, 2.05) is 6.92 Å². The van der Waals surface area contributed by atoms with Crippen molar-refractivity contribution < 1.29 is 43.7 Å². The molecule has 0 aromatic rings. The highest BCUT2D eigenvalue weighted by atomic mass is 32.2. The van der Waals surface area contributed by atoms with Crippen LogP contribution >= 0.6 is 19.6 Å². The number of allylic oxidation sites excluding steroid dienone is 4. The number of carbonyl (C=O) groups is 1. The minimum absolute atomic E-state index is 0.0928. The van der Waals surface area contributed by atoms with Crippen LogP contribution in [0.15, 0.2) is 48.6 Å². The lowest BCUT2D eigenvalue weighted by molar-refractivity contribution is -0.150. The van der Waals surface area contributed by atoms with E-state index in [-0.39, 0.29) is 24.2 Å². The Morgan fingerprint density at radius 1 is 1.31 bits per heavy atom. The van der Waals surface area contributed by atoms with Gasteiger partial charge in [0.25, 0.3) is 0 Å². The summed E-state index contributed by atoms with van der Waals surface area (Å²) in [6.45, 7) is 3.19. The van der Waals surface area contributed by atoms with E-state index in [1.165, 1.54) is 37.3 Å². The summed E-state index contributed by atoms with van der Waals surface area (Å²) in [6, 6.07) is 0. The van der Waals surface area contributed by atoms with Gasteiger partial charge >= 0.3 is 13.8 Å². The summed E-state index contributed by atoms with van der Waals surface area (Å²) in [5.74, 6) is 0.504. The molecule has 0 aromatic heterocycles. The molecule has 0 saturated carbocycles. The predicted octanol–water partition coefficient (Wildman–Crippen LogP) is 2.01. The van der Waals surface area contributed by atoms with Crippen molar-refractivity contribution in [3.8, 4) is 0 Å². The second-order valence-electron chi connectivity index (χ2n) is 7.40. The highest BCUT2D eigenvalue weighted by molar-refractivity contribution is 7.99. The van der Waals surface area contributed by atoms with Crippen molar-refractivity contribution in [3.63, 3.8) is 0 Å². The third-order valence-electron chi connectivity index (χ3n) is 4.50. The normalized spacial score (nSPS) is 24.4. The van der Waals surface area contributed by atoms with E-state index in [9.17, 15) is 29.4 Å². The number of ether oxygens (including phenoxy) is 1. The van der Waals surface area contributed by atoms with E-state index in [4.69, 9.17) is 14.4 Å². The molecule has 0 bridgehead atoms. The molecule has 0 spiro atoms. The third kappa shape index (κ3) is 12.1. The van der Waals surface area contributed by atoms with Crippen LogP contribution in [0.4, 0.5) is 0 Å². The van der Waals surface area contributed by atoms with Gasteiger partial charge in [0.15, 0.2) is 0 Å². The van der Waals surface area contributed by atoms with Crippen molar-refractivity contribution in [1.29, 1.82) is 0 Å². The second kappa shape index (κ2) is 14.1. The molecule has 5 N–H and O–H groups in total. The predicted molar refractivity (Wildman–Crippen MR) is 123 cm³/mol. The van der Waals surface area contributed by atoms with Gasteiger partial charge in [-0.1, -0.05) is 49.5 Å². The molecule has 32 heavy (non-hydrogen) atoms. The van der Waals surface area contributed by atoms with E-state index < -0.39 is 31.7 Å². The summed E-state index contributed by atoms with van der Waals surface area (Å²) in [5, 5.41) is 29.8. The monoisotopic (exact) mass is 492 g/mol. The molecule has 0 radical (unpaired) electrons. The van der Waals surface area contributed by atoms with Crippen LogP contribution < -0.4 is 0 Å². The molecule has 1 fully saturated rings. The van der Waals surface area contributed by atoms with Crippen molar-refractivity contribution in [2.75, 3.05) is 12.4 Å². The molecule has 1 aliphatic rings. The number of hydrogen-bond acceptors (Lipinski definition) is 8. The summed E-state index contributed by atoms with van der Waals surface area (Å²) >= 11 is 1.64. The first-order valence-corrected chi connectivity index (χ1v) is 12.8. The molecule has 11 heteroatoms. The minimum Gasteiger partial charge on any atom is -0.458 e. The first-order chi connectivity index (χ1) is 15.0. The lowest BCUT2D eigenvalue weighted by Gasteiger charge is -2.32. The Bertz CT molecular complexity index is 742. The van der Waals surface area contributed by atoms with Crippen molar-refractivity contribution in [3.05, 3.63) is 48.6 Å². The van der Waals surface area contributed by atoms with Gasteiger partial charge in [-0.3, -0.25) is 9.32 Å². The van der Waals surface area contributed by atoms with Crippen LogP contribution in [0.2, 0.25) is 0 Å². The standard InChI is InChI=1S/C21H33O9PS/c1-3-32-18-14-17(29-20(24)15-18)10-11-21(2,25)19(30-31(26,27)28)13-16(23)9-7-5-4-6-8-12-22/h4-11,16-19,22-23,25H,3,12-15H2,1-2H3,(H2,26,27,28)/b5-4-,8-6+,9-7-,11-10+/t16-,17-,18-,19+,21+/m0/s1. The molecule has 5 atom stereocenters. The highest BCUT2D eigenvalue weighted by Crippen LogP contribution is 2.41. The first-order valence-electron chi connectivity index (χ1n) is 10.2. The Labute approximate surface area is 192 Å². The Morgan fingerprint density at radius 3 is 2.62 bits per heavy atom. The highest BCUT2D eigenvalue weighted by Gasteiger charge is 2.37. The number of esters is 1. The fourth-order valence-corrected chi connectivity index (χ4v) is 4.68. The molecule has 0 amide bonds. The van der Waals surface area contributed by atoms with E-state index in [0.29, 0.717) is 12.8 Å². The number of phosphoric acid groups is 1. The van der Waals surface area contributed by atoms with Crippen LogP contribution in [0.5, 0.6) is 0 Å². The quantitative estimate of drug-likeness (QED) is 0.112. The number of phosphoric ester groups is 1. The van der Waals surface area contributed by atoms with Crippen molar-refractivity contribution in [2.45, 2.75) is 62.3 Å². The lowest BCUT2D eigenvalue weighted by atomic mass is 9.92. The minimum atomic E-state index is -4.97. The smallest absolute Gasteiger partial charge is 0.458 e. The van der Waals surface area contributed by atoms with Crippen molar-refractivity contribution >= 4 is 25.6 Å². The average molecular weight is 493 g/mol. The summed E-state index contributed by atoms with van der Waals surface area (Å²) in [4.78, 5) is 30.3. The molecule has 9 nitrogen and oxygen atoms in total. The zero-order chi connectivity index (χ0) is 24.2. The zero-order valence-corrected chi connectivity index (χ0v) is 19.9. The van der Waals surface area contributed by atoms with Crippen molar-refractivity contribution in [2.24, 2.45) is 0 Å².